The Bertz CT molecular complexity index is 1560. The first-order valence-corrected chi connectivity index (χ1v) is 38.9. The number of ether oxygens (including phenoxy) is 4. The number of unbranched alkanes of at least 4 members (excludes halogenated alkanes) is 51. The van der Waals surface area contributed by atoms with Crippen LogP contribution in [0.3, 0.4) is 0 Å². The van der Waals surface area contributed by atoms with E-state index >= 15 is 0 Å². The molecule has 12 unspecified atom stereocenters. The molecule has 2 fully saturated rings. The van der Waals surface area contributed by atoms with Crippen molar-refractivity contribution in [2.24, 2.45) is 0 Å². The van der Waals surface area contributed by atoms with Gasteiger partial charge in [0.05, 0.1) is 32.0 Å². The lowest BCUT2D eigenvalue weighted by molar-refractivity contribution is -0.359. The second-order valence-electron chi connectivity index (χ2n) is 27.8. The SMILES string of the molecule is CCCCCCCCCC/C=C\CCCCCCCCCCCCCCCCCCCC(=O)NC(COC1OC(CO)C(OC2OC(CO)C(O)C(O)C2O)C(O)C1O)C(O)CCCCCCCCCCCCCCCCCCCCCCCCCCCCC. The second kappa shape index (κ2) is 61.3. The van der Waals surface area contributed by atoms with Crippen LogP contribution in [0.1, 0.15) is 373 Å². The molecule has 2 aliphatic heterocycles. The number of hydrogen-bond acceptors (Lipinski definition) is 13. The maximum absolute atomic E-state index is 13.4. The summed E-state index contributed by atoms with van der Waals surface area (Å²) >= 11 is 0. The monoisotopic (exact) mass is 1280 g/mol. The summed E-state index contributed by atoms with van der Waals surface area (Å²) in [7, 11) is 0. The van der Waals surface area contributed by atoms with Crippen molar-refractivity contribution in [3.63, 3.8) is 0 Å². The molecule has 0 aromatic rings. The third kappa shape index (κ3) is 44.5. The average molecular weight is 1280 g/mol. The van der Waals surface area contributed by atoms with Crippen molar-refractivity contribution >= 4 is 5.91 Å². The van der Waals surface area contributed by atoms with E-state index in [-0.39, 0.29) is 12.5 Å². The molecule has 0 saturated carbocycles. The van der Waals surface area contributed by atoms with Crippen molar-refractivity contribution in [1.82, 2.24) is 5.32 Å². The van der Waals surface area contributed by atoms with Crippen LogP contribution < -0.4 is 5.32 Å². The van der Waals surface area contributed by atoms with Crippen molar-refractivity contribution in [3.05, 3.63) is 12.2 Å². The molecular formula is C76H147NO13. The van der Waals surface area contributed by atoms with Crippen molar-refractivity contribution < 1.29 is 64.6 Å². The lowest BCUT2D eigenvalue weighted by Crippen LogP contribution is -2.65. The van der Waals surface area contributed by atoms with Gasteiger partial charge in [0.2, 0.25) is 5.91 Å². The van der Waals surface area contributed by atoms with Gasteiger partial charge in [-0.3, -0.25) is 4.79 Å². The van der Waals surface area contributed by atoms with Crippen molar-refractivity contribution in [2.45, 2.75) is 447 Å². The summed E-state index contributed by atoms with van der Waals surface area (Å²) in [5.41, 5.74) is 0. The summed E-state index contributed by atoms with van der Waals surface area (Å²) in [5.74, 6) is -0.197. The third-order valence-electron chi connectivity index (χ3n) is 19.5. The van der Waals surface area contributed by atoms with Crippen LogP contribution in [0.5, 0.6) is 0 Å². The van der Waals surface area contributed by atoms with E-state index in [1.165, 1.54) is 295 Å². The molecule has 0 bridgehead atoms. The third-order valence-corrected chi connectivity index (χ3v) is 19.5. The normalized spacial score (nSPS) is 22.9. The molecule has 9 N–H and O–H groups in total. The number of aliphatic hydroxyl groups is 8. The smallest absolute Gasteiger partial charge is 0.220 e. The molecular weight excluding hydrogens is 1130 g/mol. The lowest BCUT2D eigenvalue weighted by Gasteiger charge is -2.46. The second-order valence-corrected chi connectivity index (χ2v) is 27.8. The largest absolute Gasteiger partial charge is 0.394 e. The minimum Gasteiger partial charge on any atom is -0.394 e. The molecule has 534 valence electrons. The number of hydrogen-bond donors (Lipinski definition) is 9. The van der Waals surface area contributed by atoms with E-state index in [4.69, 9.17) is 18.9 Å². The van der Waals surface area contributed by atoms with Gasteiger partial charge < -0.3 is 65.1 Å². The van der Waals surface area contributed by atoms with Gasteiger partial charge in [0.1, 0.15) is 48.8 Å². The molecule has 2 heterocycles. The van der Waals surface area contributed by atoms with E-state index in [9.17, 15) is 45.6 Å². The highest BCUT2D eigenvalue weighted by atomic mass is 16.7. The predicted octanol–water partition coefficient (Wildman–Crippen LogP) is 16.9. The summed E-state index contributed by atoms with van der Waals surface area (Å²) in [6.45, 7) is 2.93. The molecule has 1 amide bonds. The van der Waals surface area contributed by atoms with Gasteiger partial charge in [-0.25, -0.2) is 0 Å². The molecule has 2 aliphatic rings. The molecule has 0 radical (unpaired) electrons. The Balaban J connectivity index is 1.62. The van der Waals surface area contributed by atoms with Crippen LogP contribution in [0, 0.1) is 0 Å². The maximum Gasteiger partial charge on any atom is 0.220 e. The lowest BCUT2D eigenvalue weighted by atomic mass is 9.97. The first-order chi connectivity index (χ1) is 44.1. The van der Waals surface area contributed by atoms with E-state index < -0.39 is 86.8 Å². The van der Waals surface area contributed by atoms with E-state index in [1.54, 1.807) is 0 Å². The summed E-state index contributed by atoms with van der Waals surface area (Å²) < 4.78 is 23.0. The summed E-state index contributed by atoms with van der Waals surface area (Å²) in [5, 5.41) is 87.8. The maximum atomic E-state index is 13.4. The highest BCUT2D eigenvalue weighted by Gasteiger charge is 2.51. The van der Waals surface area contributed by atoms with E-state index in [2.05, 4.69) is 31.3 Å². The molecule has 0 aliphatic carbocycles. The minimum atomic E-state index is -1.78. The van der Waals surface area contributed by atoms with E-state index in [0.717, 1.165) is 51.4 Å². The predicted molar refractivity (Wildman–Crippen MR) is 369 cm³/mol. The Morgan fingerprint density at radius 2 is 0.700 bits per heavy atom. The van der Waals surface area contributed by atoms with Gasteiger partial charge in [-0.05, 0) is 38.5 Å². The van der Waals surface area contributed by atoms with Crippen LogP contribution in [0.25, 0.3) is 0 Å². The van der Waals surface area contributed by atoms with Gasteiger partial charge in [-0.15, -0.1) is 0 Å². The fraction of sp³-hybridized carbons (Fsp3) is 0.961. The highest BCUT2D eigenvalue weighted by Crippen LogP contribution is 2.30. The van der Waals surface area contributed by atoms with Gasteiger partial charge in [0.25, 0.3) is 0 Å². The molecule has 2 rings (SSSR count). The standard InChI is InChI=1S/C76H147NO13/c1-3-5-7-9-11-13-15-17-19-21-23-25-27-29-31-32-34-36-38-40-42-44-46-48-50-52-54-56-58-60-68(81)77-64(63-87-75-73(86)71(84)74(67(62-79)89-75)90-76-72(85)70(83)69(82)66(61-78)88-76)65(80)59-57-55-53-51-49-47-45-43-41-39-37-35-33-30-28-26-24-22-20-18-16-14-12-10-8-6-4-2/h21,23,64-67,69-76,78-80,82-86H,3-20,22,24-63H2,1-2H3,(H,77,81)/b23-21-. The molecule has 14 nitrogen and oxygen atoms in total. The number of nitrogens with one attached hydrogen (secondary N) is 1. The van der Waals surface area contributed by atoms with Crippen LogP contribution in [0.4, 0.5) is 0 Å². The number of carbonyl (C=O) groups excluding carboxylic acids is 1. The van der Waals surface area contributed by atoms with Gasteiger partial charge in [0.15, 0.2) is 12.6 Å². The first-order valence-electron chi connectivity index (χ1n) is 38.9. The fourth-order valence-corrected chi connectivity index (χ4v) is 13.3. The van der Waals surface area contributed by atoms with Crippen LogP contribution in [0.15, 0.2) is 12.2 Å². The van der Waals surface area contributed by atoms with Crippen LogP contribution in [-0.2, 0) is 23.7 Å². The Morgan fingerprint density at radius 3 is 1.06 bits per heavy atom. The quantitative estimate of drug-likeness (QED) is 0.0204. The molecule has 12 atom stereocenters. The van der Waals surface area contributed by atoms with Crippen molar-refractivity contribution in [3.8, 4) is 0 Å². The van der Waals surface area contributed by atoms with Crippen LogP contribution >= 0.6 is 0 Å². The molecule has 2 saturated heterocycles. The number of carbonyl (C=O) groups is 1. The van der Waals surface area contributed by atoms with Crippen LogP contribution in [0.2, 0.25) is 0 Å². The minimum absolute atomic E-state index is 0.197. The van der Waals surface area contributed by atoms with Gasteiger partial charge in [-0.2, -0.15) is 0 Å². The van der Waals surface area contributed by atoms with Gasteiger partial charge >= 0.3 is 0 Å². The summed E-state index contributed by atoms with van der Waals surface area (Å²) in [4.78, 5) is 13.4. The molecule has 0 spiro atoms. The Labute approximate surface area is 552 Å². The van der Waals surface area contributed by atoms with E-state index in [1.807, 2.05) is 0 Å². The zero-order valence-corrected chi connectivity index (χ0v) is 58.4. The topological polar surface area (TPSA) is 228 Å². The average Bonchev–Trinajstić information content (AvgIpc) is 1.26. The number of rotatable bonds is 66. The zero-order valence-electron chi connectivity index (χ0n) is 58.4. The van der Waals surface area contributed by atoms with Gasteiger partial charge in [0, 0.05) is 6.42 Å². The summed E-state index contributed by atoms with van der Waals surface area (Å²) in [6.07, 6.45) is 59.6. The number of amides is 1. The number of aliphatic hydroxyl groups excluding tert-OH is 8. The van der Waals surface area contributed by atoms with Crippen LogP contribution in [-0.4, -0.2) is 140 Å². The molecule has 0 aromatic carbocycles. The molecule has 14 heteroatoms. The fourth-order valence-electron chi connectivity index (χ4n) is 13.3. The first kappa shape index (κ1) is 84.8. The Morgan fingerprint density at radius 1 is 0.389 bits per heavy atom. The Kier molecular flexibility index (Phi) is 57.8. The van der Waals surface area contributed by atoms with Gasteiger partial charge in [-0.1, -0.05) is 341 Å². The Hall–Kier alpha value is -1.27. The molecule has 90 heavy (non-hydrogen) atoms. The summed E-state index contributed by atoms with van der Waals surface area (Å²) in [6, 6.07) is -0.827. The van der Waals surface area contributed by atoms with Crippen molar-refractivity contribution in [1.29, 1.82) is 0 Å². The van der Waals surface area contributed by atoms with E-state index in [0.29, 0.717) is 12.8 Å². The zero-order chi connectivity index (χ0) is 65.2. The molecule has 0 aromatic heterocycles. The highest BCUT2D eigenvalue weighted by molar-refractivity contribution is 5.76. The van der Waals surface area contributed by atoms with Crippen molar-refractivity contribution in [2.75, 3.05) is 19.8 Å². The number of allylic oxidation sites excluding steroid dienone is 2.